The van der Waals surface area contributed by atoms with Gasteiger partial charge in [-0.3, -0.25) is 4.72 Å². The van der Waals surface area contributed by atoms with Gasteiger partial charge < -0.3 is 5.32 Å². The van der Waals surface area contributed by atoms with E-state index in [1.165, 1.54) is 23.3 Å². The molecule has 0 aliphatic carbocycles. The second-order valence-electron chi connectivity index (χ2n) is 6.06. The lowest BCUT2D eigenvalue weighted by atomic mass is 10.2. The third-order valence-corrected chi connectivity index (χ3v) is 6.38. The average Bonchev–Trinajstić information content (AvgIpc) is 3.29. The first-order valence-electron chi connectivity index (χ1n) is 8.68. The normalized spacial score (nSPS) is 11.2. The molecule has 0 radical (unpaired) electrons. The Morgan fingerprint density at radius 3 is 2.53 bits per heavy atom. The molecule has 0 fully saturated rings. The van der Waals surface area contributed by atoms with Gasteiger partial charge in [0, 0.05) is 11.0 Å². The predicted molar refractivity (Wildman–Crippen MR) is 113 cm³/mol. The molecule has 0 unspecified atom stereocenters. The number of nitrogens with one attached hydrogen (secondary N) is 2. The molecule has 0 atom stereocenters. The van der Waals surface area contributed by atoms with Crippen LogP contribution < -0.4 is 10.0 Å². The molecule has 0 saturated heterocycles. The van der Waals surface area contributed by atoms with Crippen molar-refractivity contribution in [2.75, 3.05) is 10.0 Å². The Balaban J connectivity index is 1.68. The van der Waals surface area contributed by atoms with Crippen LogP contribution >= 0.6 is 15.9 Å². The van der Waals surface area contributed by atoms with Crippen LogP contribution in [0.4, 0.5) is 11.5 Å². The van der Waals surface area contributed by atoms with E-state index < -0.39 is 10.0 Å². The van der Waals surface area contributed by atoms with Gasteiger partial charge in [-0.2, -0.15) is 9.67 Å². The van der Waals surface area contributed by atoms with E-state index in [9.17, 15) is 8.42 Å². The molecule has 0 spiro atoms. The highest BCUT2D eigenvalue weighted by Gasteiger charge is 2.20. The minimum absolute atomic E-state index is 0.101. The summed E-state index contributed by atoms with van der Waals surface area (Å²) in [5.74, 6) is 0.481. The third-order valence-electron chi connectivity index (χ3n) is 4.00. The van der Waals surface area contributed by atoms with Gasteiger partial charge in [-0.15, -0.1) is 5.10 Å². The van der Waals surface area contributed by atoms with Crippen LogP contribution in [0.1, 0.15) is 5.56 Å². The van der Waals surface area contributed by atoms with E-state index >= 15 is 0 Å². The molecule has 2 heterocycles. The number of anilines is 2. The van der Waals surface area contributed by atoms with E-state index in [0.29, 0.717) is 11.0 Å². The summed E-state index contributed by atoms with van der Waals surface area (Å²) in [6, 6.07) is 16.2. The summed E-state index contributed by atoms with van der Waals surface area (Å²) in [4.78, 5) is 8.66. The number of hydrogen-bond donors (Lipinski definition) is 2. The fourth-order valence-electron chi connectivity index (χ4n) is 2.59. The molecule has 0 bridgehead atoms. The lowest BCUT2D eigenvalue weighted by molar-refractivity contribution is 0.600. The summed E-state index contributed by atoms with van der Waals surface area (Å²) in [6.07, 6.45) is 2.72. The summed E-state index contributed by atoms with van der Waals surface area (Å²) >= 11 is 3.27. The summed E-state index contributed by atoms with van der Waals surface area (Å²) in [6.45, 7) is 0.427. The number of halogens is 1. The van der Waals surface area contributed by atoms with Crippen LogP contribution in [-0.2, 0) is 16.6 Å². The van der Waals surface area contributed by atoms with Crippen molar-refractivity contribution in [2.45, 2.75) is 11.4 Å². The zero-order valence-electron chi connectivity index (χ0n) is 15.3. The fraction of sp³-hybridized carbons (Fsp3) is 0.0556. The standard InChI is InChI=1S/C18H15BrN8O2S/c19-14-8-4-5-9-16(14)30(28,29)24-15-11-21-18(27-12-22-25-26-27)23-17(15)20-10-13-6-2-1-3-7-13/h1-9,11-12,24H,10H2,(H,20,21,23). The number of tetrazole rings is 1. The number of rotatable bonds is 7. The number of benzene rings is 2. The van der Waals surface area contributed by atoms with Gasteiger partial charge in [0.1, 0.15) is 16.9 Å². The van der Waals surface area contributed by atoms with Crippen molar-refractivity contribution < 1.29 is 8.42 Å². The predicted octanol–water partition coefficient (Wildman–Crippen LogP) is 2.63. The highest BCUT2D eigenvalue weighted by Crippen LogP contribution is 2.27. The molecule has 12 heteroatoms. The molecule has 30 heavy (non-hydrogen) atoms. The van der Waals surface area contributed by atoms with Gasteiger partial charge in [-0.1, -0.05) is 42.5 Å². The SMILES string of the molecule is O=S(=O)(Nc1cnc(-n2cnnn2)nc1NCc1ccccc1)c1ccccc1Br. The first-order valence-corrected chi connectivity index (χ1v) is 11.0. The van der Waals surface area contributed by atoms with Crippen molar-refractivity contribution in [3.63, 3.8) is 0 Å². The minimum atomic E-state index is -3.88. The fourth-order valence-corrected chi connectivity index (χ4v) is 4.64. The van der Waals surface area contributed by atoms with E-state index in [0.717, 1.165) is 5.56 Å². The number of nitrogens with zero attached hydrogens (tertiary/aromatic N) is 6. The quantitative estimate of drug-likeness (QED) is 0.407. The number of aromatic nitrogens is 6. The Morgan fingerprint density at radius 1 is 1.03 bits per heavy atom. The summed E-state index contributed by atoms with van der Waals surface area (Å²) in [5.41, 5.74) is 1.19. The molecular weight excluding hydrogens is 472 g/mol. The van der Waals surface area contributed by atoms with E-state index in [-0.39, 0.29) is 22.3 Å². The molecule has 0 aliphatic rings. The minimum Gasteiger partial charge on any atom is -0.364 e. The van der Waals surface area contributed by atoms with Gasteiger partial charge in [-0.25, -0.2) is 13.4 Å². The van der Waals surface area contributed by atoms with Crippen molar-refractivity contribution >= 4 is 37.5 Å². The molecule has 4 aromatic rings. The van der Waals surface area contributed by atoms with Crippen LogP contribution in [0.3, 0.4) is 0 Å². The van der Waals surface area contributed by atoms with E-state index in [1.54, 1.807) is 18.2 Å². The molecule has 10 nitrogen and oxygen atoms in total. The smallest absolute Gasteiger partial charge is 0.263 e. The molecule has 4 rings (SSSR count). The van der Waals surface area contributed by atoms with Gasteiger partial charge in [0.2, 0.25) is 0 Å². The maximum atomic E-state index is 12.9. The van der Waals surface area contributed by atoms with Crippen LogP contribution in [0, 0.1) is 0 Å². The van der Waals surface area contributed by atoms with Crippen molar-refractivity contribution in [1.82, 2.24) is 30.2 Å². The van der Waals surface area contributed by atoms with Crippen LogP contribution in [0.25, 0.3) is 5.95 Å². The van der Waals surface area contributed by atoms with Crippen molar-refractivity contribution in [3.8, 4) is 5.95 Å². The Morgan fingerprint density at radius 2 is 1.80 bits per heavy atom. The molecule has 152 valence electrons. The highest BCUT2D eigenvalue weighted by atomic mass is 79.9. The molecular formula is C18H15BrN8O2S. The molecule has 0 saturated carbocycles. The molecule has 2 aromatic heterocycles. The monoisotopic (exact) mass is 486 g/mol. The Hall–Kier alpha value is -3.38. The number of sulfonamides is 1. The maximum Gasteiger partial charge on any atom is 0.263 e. The van der Waals surface area contributed by atoms with Gasteiger partial charge in [0.25, 0.3) is 16.0 Å². The average molecular weight is 487 g/mol. The van der Waals surface area contributed by atoms with E-state index in [4.69, 9.17) is 0 Å². The number of hydrogen-bond acceptors (Lipinski definition) is 8. The summed E-state index contributed by atoms with van der Waals surface area (Å²) in [7, 11) is -3.88. The third kappa shape index (κ3) is 4.44. The van der Waals surface area contributed by atoms with E-state index in [2.05, 4.69) is 51.5 Å². The zero-order chi connectivity index (χ0) is 21.0. The second kappa shape index (κ2) is 8.55. The van der Waals surface area contributed by atoms with Gasteiger partial charge in [0.05, 0.1) is 6.20 Å². The van der Waals surface area contributed by atoms with Crippen molar-refractivity contribution in [2.24, 2.45) is 0 Å². The van der Waals surface area contributed by atoms with Gasteiger partial charge >= 0.3 is 0 Å². The summed E-state index contributed by atoms with van der Waals surface area (Å²) < 4.78 is 30.1. The van der Waals surface area contributed by atoms with Crippen molar-refractivity contribution in [3.05, 3.63) is 77.2 Å². The highest BCUT2D eigenvalue weighted by molar-refractivity contribution is 9.10. The van der Waals surface area contributed by atoms with Crippen LogP contribution in [-0.4, -0.2) is 38.6 Å². The zero-order valence-corrected chi connectivity index (χ0v) is 17.7. The molecule has 2 N–H and O–H groups in total. The first-order chi connectivity index (χ1) is 14.5. The van der Waals surface area contributed by atoms with Gasteiger partial charge in [-0.05, 0) is 44.1 Å². The lowest BCUT2D eigenvalue weighted by Gasteiger charge is -2.14. The van der Waals surface area contributed by atoms with Crippen molar-refractivity contribution in [1.29, 1.82) is 0 Å². The topological polar surface area (TPSA) is 128 Å². The Labute approximate surface area is 180 Å². The molecule has 0 aliphatic heterocycles. The Bertz CT molecular complexity index is 1250. The van der Waals surface area contributed by atoms with Crippen LogP contribution in [0.5, 0.6) is 0 Å². The maximum absolute atomic E-state index is 12.9. The van der Waals surface area contributed by atoms with E-state index in [1.807, 2.05) is 30.3 Å². The molecule has 0 amide bonds. The largest absolute Gasteiger partial charge is 0.364 e. The lowest BCUT2D eigenvalue weighted by Crippen LogP contribution is -2.17. The molecule has 2 aromatic carbocycles. The summed E-state index contributed by atoms with van der Waals surface area (Å²) in [5, 5.41) is 14.1. The Kier molecular flexibility index (Phi) is 5.68. The van der Waals surface area contributed by atoms with Crippen LogP contribution in [0.2, 0.25) is 0 Å². The first kappa shape index (κ1) is 19.9. The van der Waals surface area contributed by atoms with Gasteiger partial charge in [0.15, 0.2) is 5.82 Å². The van der Waals surface area contributed by atoms with Crippen LogP contribution in [0.15, 0.2) is 76.5 Å². The second-order valence-corrected chi connectivity index (χ2v) is 8.57.